The first-order chi connectivity index (χ1) is 7.33. The fourth-order valence-electron chi connectivity index (χ4n) is 2.38. The molecule has 2 heteroatoms. The van der Waals surface area contributed by atoms with Crippen LogP contribution in [0.3, 0.4) is 0 Å². The Kier molecular flexibility index (Phi) is 3.39. The maximum Gasteiger partial charge on any atom is 0.0587 e. The van der Waals surface area contributed by atoms with Crippen LogP contribution in [-0.2, 0) is 11.2 Å². The summed E-state index contributed by atoms with van der Waals surface area (Å²) in [6.45, 7) is 3.93. The summed E-state index contributed by atoms with van der Waals surface area (Å²) >= 11 is 0. The van der Waals surface area contributed by atoms with E-state index in [1.807, 2.05) is 0 Å². The van der Waals surface area contributed by atoms with Gasteiger partial charge in [0.15, 0.2) is 0 Å². The van der Waals surface area contributed by atoms with Crippen LogP contribution >= 0.6 is 0 Å². The van der Waals surface area contributed by atoms with Gasteiger partial charge in [-0.3, -0.25) is 0 Å². The minimum Gasteiger partial charge on any atom is -0.383 e. The maximum absolute atomic E-state index is 5.05. The third kappa shape index (κ3) is 2.21. The van der Waals surface area contributed by atoms with Crippen LogP contribution in [0, 0.1) is 6.92 Å². The third-order valence-corrected chi connectivity index (χ3v) is 3.20. The van der Waals surface area contributed by atoms with Crippen molar-refractivity contribution < 1.29 is 4.74 Å². The molecular formula is C13H19NO. The molecule has 1 aliphatic rings. The van der Waals surface area contributed by atoms with E-state index in [2.05, 4.69) is 30.4 Å². The van der Waals surface area contributed by atoms with Gasteiger partial charge in [0.05, 0.1) is 6.61 Å². The zero-order chi connectivity index (χ0) is 10.7. The second-order valence-corrected chi connectivity index (χ2v) is 4.18. The van der Waals surface area contributed by atoms with Crippen molar-refractivity contribution in [3.8, 4) is 0 Å². The number of hydrogen-bond donors (Lipinski definition) is 1. The summed E-state index contributed by atoms with van der Waals surface area (Å²) < 4.78 is 5.05. The van der Waals surface area contributed by atoms with E-state index in [1.54, 1.807) is 12.7 Å². The third-order valence-electron chi connectivity index (χ3n) is 3.20. The van der Waals surface area contributed by atoms with Gasteiger partial charge >= 0.3 is 0 Å². The van der Waals surface area contributed by atoms with E-state index in [1.165, 1.54) is 24.0 Å². The molecule has 0 fully saturated rings. The van der Waals surface area contributed by atoms with E-state index < -0.39 is 0 Å². The summed E-state index contributed by atoms with van der Waals surface area (Å²) in [4.78, 5) is 0. The largest absolute Gasteiger partial charge is 0.383 e. The number of hydrogen-bond acceptors (Lipinski definition) is 2. The van der Waals surface area contributed by atoms with Crippen molar-refractivity contribution in [3.05, 3.63) is 34.9 Å². The lowest BCUT2D eigenvalue weighted by atomic mass is 10.0. The Morgan fingerprint density at radius 2 is 2.33 bits per heavy atom. The van der Waals surface area contributed by atoms with Gasteiger partial charge in [-0.1, -0.05) is 18.2 Å². The average molecular weight is 205 g/mol. The molecule has 1 aromatic rings. The van der Waals surface area contributed by atoms with Crippen LogP contribution in [0.2, 0.25) is 0 Å². The molecule has 2 nitrogen and oxygen atoms in total. The van der Waals surface area contributed by atoms with E-state index in [0.29, 0.717) is 6.04 Å². The predicted octanol–water partition coefficient (Wildman–Crippen LogP) is 2.22. The SMILES string of the molecule is COCCNC1CCc2c(C)cccc21. The van der Waals surface area contributed by atoms with Gasteiger partial charge in [0.2, 0.25) is 0 Å². The molecule has 0 aliphatic heterocycles. The first kappa shape index (κ1) is 10.7. The smallest absolute Gasteiger partial charge is 0.0587 e. The fraction of sp³-hybridized carbons (Fsp3) is 0.538. The lowest BCUT2D eigenvalue weighted by Gasteiger charge is -2.13. The summed E-state index contributed by atoms with van der Waals surface area (Å²) in [6, 6.07) is 7.15. The van der Waals surface area contributed by atoms with Crippen molar-refractivity contribution in [2.75, 3.05) is 20.3 Å². The Bertz CT molecular complexity index is 335. The van der Waals surface area contributed by atoms with Gasteiger partial charge in [0.1, 0.15) is 0 Å². The van der Waals surface area contributed by atoms with E-state index in [9.17, 15) is 0 Å². The summed E-state index contributed by atoms with van der Waals surface area (Å²) in [5.74, 6) is 0. The second kappa shape index (κ2) is 4.77. The molecule has 82 valence electrons. The molecule has 1 N–H and O–H groups in total. The highest BCUT2D eigenvalue weighted by Crippen LogP contribution is 2.32. The number of fused-ring (bicyclic) bond motifs is 1. The number of rotatable bonds is 4. The molecule has 1 aliphatic carbocycles. The summed E-state index contributed by atoms with van der Waals surface area (Å²) in [5.41, 5.74) is 4.47. The molecule has 2 rings (SSSR count). The van der Waals surface area contributed by atoms with Gasteiger partial charge in [-0.25, -0.2) is 0 Å². The van der Waals surface area contributed by atoms with Crippen LogP contribution in [0.4, 0.5) is 0 Å². The number of benzene rings is 1. The van der Waals surface area contributed by atoms with Crippen molar-refractivity contribution in [1.29, 1.82) is 0 Å². The van der Waals surface area contributed by atoms with Gasteiger partial charge < -0.3 is 10.1 Å². The number of aryl methyl sites for hydroxylation is 1. The van der Waals surface area contributed by atoms with Gasteiger partial charge in [-0.05, 0) is 36.5 Å². The molecule has 1 aromatic carbocycles. The molecule has 0 radical (unpaired) electrons. The summed E-state index contributed by atoms with van der Waals surface area (Å²) in [5, 5.41) is 3.54. The Labute approximate surface area is 91.6 Å². The van der Waals surface area contributed by atoms with Gasteiger partial charge in [-0.2, -0.15) is 0 Å². The number of methoxy groups -OCH3 is 1. The van der Waals surface area contributed by atoms with Crippen molar-refractivity contribution in [3.63, 3.8) is 0 Å². The first-order valence-corrected chi connectivity index (χ1v) is 5.63. The quantitative estimate of drug-likeness (QED) is 0.761. The van der Waals surface area contributed by atoms with Gasteiger partial charge in [0, 0.05) is 19.7 Å². The van der Waals surface area contributed by atoms with Crippen LogP contribution < -0.4 is 5.32 Å². The minimum absolute atomic E-state index is 0.537. The zero-order valence-corrected chi connectivity index (χ0v) is 9.55. The molecule has 0 heterocycles. The van der Waals surface area contributed by atoms with Crippen LogP contribution in [0.15, 0.2) is 18.2 Å². The molecule has 0 saturated carbocycles. The number of ether oxygens (including phenoxy) is 1. The molecule has 0 spiro atoms. The van der Waals surface area contributed by atoms with Crippen LogP contribution in [0.25, 0.3) is 0 Å². The van der Waals surface area contributed by atoms with E-state index in [4.69, 9.17) is 4.74 Å². The van der Waals surface area contributed by atoms with E-state index >= 15 is 0 Å². The monoisotopic (exact) mass is 205 g/mol. The standard InChI is InChI=1S/C13H19NO/c1-10-4-3-5-12-11(10)6-7-13(12)14-8-9-15-2/h3-5,13-14H,6-9H2,1-2H3. The molecule has 1 atom stereocenters. The topological polar surface area (TPSA) is 21.3 Å². The maximum atomic E-state index is 5.05. The molecule has 0 saturated heterocycles. The van der Waals surface area contributed by atoms with Gasteiger partial charge in [0.25, 0.3) is 0 Å². The minimum atomic E-state index is 0.537. The summed E-state index contributed by atoms with van der Waals surface area (Å²) in [7, 11) is 1.74. The highest BCUT2D eigenvalue weighted by Gasteiger charge is 2.22. The highest BCUT2D eigenvalue weighted by molar-refractivity contribution is 5.40. The van der Waals surface area contributed by atoms with Crippen molar-refractivity contribution in [2.45, 2.75) is 25.8 Å². The number of nitrogens with one attached hydrogen (secondary N) is 1. The second-order valence-electron chi connectivity index (χ2n) is 4.18. The van der Waals surface area contributed by atoms with Crippen LogP contribution in [-0.4, -0.2) is 20.3 Å². The molecule has 0 amide bonds. The Balaban J connectivity index is 2.05. The van der Waals surface area contributed by atoms with Crippen molar-refractivity contribution in [2.24, 2.45) is 0 Å². The first-order valence-electron chi connectivity index (χ1n) is 5.63. The lowest BCUT2D eigenvalue weighted by molar-refractivity contribution is 0.195. The molecule has 1 unspecified atom stereocenters. The molecular weight excluding hydrogens is 186 g/mol. The highest BCUT2D eigenvalue weighted by atomic mass is 16.5. The summed E-state index contributed by atoms with van der Waals surface area (Å²) in [6.07, 6.45) is 2.44. The van der Waals surface area contributed by atoms with Crippen LogP contribution in [0.1, 0.15) is 29.2 Å². The predicted molar refractivity (Wildman–Crippen MR) is 62.1 cm³/mol. The van der Waals surface area contributed by atoms with Gasteiger partial charge in [-0.15, -0.1) is 0 Å². The molecule has 0 bridgehead atoms. The molecule has 15 heavy (non-hydrogen) atoms. The fourth-order valence-corrected chi connectivity index (χ4v) is 2.38. The van der Waals surface area contributed by atoms with E-state index in [0.717, 1.165) is 13.2 Å². The average Bonchev–Trinajstić information content (AvgIpc) is 2.64. The Hall–Kier alpha value is -0.860. The zero-order valence-electron chi connectivity index (χ0n) is 9.55. The Morgan fingerprint density at radius 3 is 3.13 bits per heavy atom. The lowest BCUT2D eigenvalue weighted by Crippen LogP contribution is -2.23. The van der Waals surface area contributed by atoms with Crippen molar-refractivity contribution in [1.82, 2.24) is 5.32 Å². The molecule has 0 aromatic heterocycles. The van der Waals surface area contributed by atoms with Crippen LogP contribution in [0.5, 0.6) is 0 Å². The van der Waals surface area contributed by atoms with Crippen molar-refractivity contribution >= 4 is 0 Å². The van der Waals surface area contributed by atoms with E-state index in [-0.39, 0.29) is 0 Å². The normalized spacial score (nSPS) is 19.2. The Morgan fingerprint density at radius 1 is 1.47 bits per heavy atom.